The fourth-order valence-electron chi connectivity index (χ4n) is 4.00. The second-order valence-electron chi connectivity index (χ2n) is 7.23. The van der Waals surface area contributed by atoms with E-state index in [-0.39, 0.29) is 12.0 Å². The van der Waals surface area contributed by atoms with Crippen molar-refractivity contribution in [3.05, 3.63) is 69.8 Å². The predicted molar refractivity (Wildman–Crippen MR) is 95.0 cm³/mol. The van der Waals surface area contributed by atoms with Crippen LogP contribution in [0.1, 0.15) is 52.1 Å². The van der Waals surface area contributed by atoms with Crippen LogP contribution < -0.4 is 5.32 Å². The van der Waals surface area contributed by atoms with Crippen molar-refractivity contribution in [1.82, 2.24) is 5.32 Å². The third-order valence-corrected chi connectivity index (χ3v) is 4.89. The Kier molecular flexibility index (Phi) is 4.92. The molecule has 3 rings (SSSR count). The highest BCUT2D eigenvalue weighted by Gasteiger charge is 2.33. The summed E-state index contributed by atoms with van der Waals surface area (Å²) in [7, 11) is 0. The van der Waals surface area contributed by atoms with Crippen molar-refractivity contribution in [3.63, 3.8) is 0 Å². The van der Waals surface area contributed by atoms with E-state index in [0.29, 0.717) is 5.56 Å². The van der Waals surface area contributed by atoms with E-state index < -0.39 is 11.7 Å². The molecule has 1 unspecified atom stereocenters. The third-order valence-electron chi connectivity index (χ3n) is 4.89. The van der Waals surface area contributed by atoms with Crippen LogP contribution in [-0.4, -0.2) is 12.6 Å². The molecule has 0 spiro atoms. The van der Waals surface area contributed by atoms with Crippen LogP contribution in [0.3, 0.4) is 0 Å². The van der Waals surface area contributed by atoms with Gasteiger partial charge in [0.1, 0.15) is 0 Å². The zero-order valence-corrected chi connectivity index (χ0v) is 14.9. The second-order valence-corrected chi connectivity index (χ2v) is 7.23. The maximum absolute atomic E-state index is 13.3. The minimum Gasteiger partial charge on any atom is -0.313 e. The van der Waals surface area contributed by atoms with Crippen molar-refractivity contribution in [2.45, 2.75) is 51.7 Å². The molecule has 2 aromatic rings. The van der Waals surface area contributed by atoms with E-state index in [1.165, 1.54) is 12.1 Å². The van der Waals surface area contributed by atoms with Crippen molar-refractivity contribution in [3.8, 4) is 0 Å². The summed E-state index contributed by atoms with van der Waals surface area (Å²) in [5, 5.41) is 3.49. The zero-order valence-electron chi connectivity index (χ0n) is 14.9. The Bertz CT molecular complexity index is 738. The van der Waals surface area contributed by atoms with Crippen molar-refractivity contribution < 1.29 is 13.2 Å². The number of hydrogen-bond acceptors (Lipinski definition) is 1. The Labute approximate surface area is 147 Å². The number of alkyl halides is 3. The molecule has 1 aliphatic heterocycles. The minimum atomic E-state index is -4.32. The fraction of sp³-hybridized carbons (Fsp3) is 0.429. The molecule has 0 saturated carbocycles. The maximum Gasteiger partial charge on any atom is 0.416 e. The Morgan fingerprint density at radius 3 is 1.96 bits per heavy atom. The number of aryl methyl sites for hydroxylation is 3. The summed E-state index contributed by atoms with van der Waals surface area (Å²) in [4.78, 5) is 0. The summed E-state index contributed by atoms with van der Waals surface area (Å²) < 4.78 is 39.9. The second kappa shape index (κ2) is 6.83. The van der Waals surface area contributed by atoms with Gasteiger partial charge in [0, 0.05) is 12.0 Å². The molecule has 0 radical (unpaired) electrons. The van der Waals surface area contributed by atoms with Gasteiger partial charge in [-0.2, -0.15) is 13.2 Å². The summed E-state index contributed by atoms with van der Waals surface area (Å²) in [6, 6.07) is 10.9. The molecular formula is C21H24F3N. The quantitative estimate of drug-likeness (QED) is 0.771. The van der Waals surface area contributed by atoms with Crippen LogP contribution in [0.25, 0.3) is 0 Å². The lowest BCUT2D eigenvalue weighted by Crippen LogP contribution is -2.30. The molecule has 4 heteroatoms. The van der Waals surface area contributed by atoms with E-state index in [9.17, 15) is 13.2 Å². The predicted octanol–water partition coefficient (Wildman–Crippen LogP) is 5.51. The van der Waals surface area contributed by atoms with Gasteiger partial charge >= 0.3 is 6.18 Å². The molecule has 1 fully saturated rings. The number of nitrogens with one attached hydrogen (secondary N) is 1. The van der Waals surface area contributed by atoms with Gasteiger partial charge in [-0.25, -0.2) is 0 Å². The number of benzene rings is 2. The van der Waals surface area contributed by atoms with Crippen LogP contribution >= 0.6 is 0 Å². The first-order valence-corrected chi connectivity index (χ1v) is 8.74. The first kappa shape index (κ1) is 18.0. The van der Waals surface area contributed by atoms with Crippen molar-refractivity contribution >= 4 is 0 Å². The molecule has 1 nitrogen and oxygen atoms in total. The smallest absolute Gasteiger partial charge is 0.313 e. The van der Waals surface area contributed by atoms with Crippen LogP contribution in [0.15, 0.2) is 36.4 Å². The summed E-state index contributed by atoms with van der Waals surface area (Å²) in [5.41, 5.74) is 4.21. The molecular weight excluding hydrogens is 323 g/mol. The van der Waals surface area contributed by atoms with Gasteiger partial charge in [0.05, 0.1) is 5.56 Å². The van der Waals surface area contributed by atoms with Crippen molar-refractivity contribution in [2.75, 3.05) is 6.54 Å². The van der Waals surface area contributed by atoms with Gasteiger partial charge in [0.15, 0.2) is 0 Å². The average Bonchev–Trinajstić information content (AvgIpc) is 2.99. The number of rotatable bonds is 3. The van der Waals surface area contributed by atoms with E-state index in [4.69, 9.17) is 0 Å². The van der Waals surface area contributed by atoms with Gasteiger partial charge in [-0.15, -0.1) is 0 Å². The van der Waals surface area contributed by atoms with Gasteiger partial charge in [0.2, 0.25) is 0 Å². The van der Waals surface area contributed by atoms with E-state index in [1.807, 2.05) is 19.9 Å². The normalized spacial score (nSPS) is 19.2. The van der Waals surface area contributed by atoms with E-state index in [0.717, 1.165) is 41.6 Å². The third kappa shape index (κ3) is 4.06. The first-order chi connectivity index (χ1) is 11.7. The lowest BCUT2D eigenvalue weighted by Gasteiger charge is -2.27. The Hall–Kier alpha value is -1.81. The highest BCUT2D eigenvalue weighted by Crippen LogP contribution is 2.37. The molecule has 0 bridgehead atoms. The summed E-state index contributed by atoms with van der Waals surface area (Å²) in [6.45, 7) is 6.73. The standard InChI is InChI=1S/C21H24F3N/c1-13-7-14(2)9-16(8-13)20(19-5-4-6-25-19)17-10-15(3)11-18(12-17)21(22,23)24/h7-12,19-20,25H,4-6H2,1-3H3/t19?,20-/m1/s1. The van der Waals surface area contributed by atoms with Crippen LogP contribution in [-0.2, 0) is 6.18 Å². The largest absolute Gasteiger partial charge is 0.416 e. The molecule has 1 N–H and O–H groups in total. The summed E-state index contributed by atoms with van der Waals surface area (Å²) in [5.74, 6) is -0.0675. The van der Waals surface area contributed by atoms with Gasteiger partial charge in [-0.05, 0) is 63.4 Å². The summed E-state index contributed by atoms with van der Waals surface area (Å²) >= 11 is 0. The molecule has 1 aliphatic rings. The number of hydrogen-bond donors (Lipinski definition) is 1. The van der Waals surface area contributed by atoms with E-state index in [2.05, 4.69) is 23.5 Å². The molecule has 25 heavy (non-hydrogen) atoms. The number of halogens is 3. The van der Waals surface area contributed by atoms with Gasteiger partial charge in [-0.3, -0.25) is 0 Å². The lowest BCUT2D eigenvalue weighted by molar-refractivity contribution is -0.137. The van der Waals surface area contributed by atoms with Crippen molar-refractivity contribution in [1.29, 1.82) is 0 Å². The maximum atomic E-state index is 13.3. The zero-order chi connectivity index (χ0) is 18.2. The molecule has 1 saturated heterocycles. The molecule has 2 aromatic carbocycles. The van der Waals surface area contributed by atoms with Crippen LogP contribution in [0.5, 0.6) is 0 Å². The van der Waals surface area contributed by atoms with Crippen molar-refractivity contribution in [2.24, 2.45) is 0 Å². The molecule has 0 aromatic heterocycles. The minimum absolute atomic E-state index is 0.0675. The van der Waals surface area contributed by atoms with Gasteiger partial charge in [0.25, 0.3) is 0 Å². The Morgan fingerprint density at radius 1 is 0.880 bits per heavy atom. The molecule has 2 atom stereocenters. The summed E-state index contributed by atoms with van der Waals surface area (Å²) in [6.07, 6.45) is -2.28. The molecule has 0 aliphatic carbocycles. The van der Waals surface area contributed by atoms with E-state index in [1.54, 1.807) is 6.92 Å². The molecule has 1 heterocycles. The lowest BCUT2D eigenvalue weighted by atomic mass is 9.82. The Morgan fingerprint density at radius 2 is 1.44 bits per heavy atom. The topological polar surface area (TPSA) is 12.0 Å². The van der Waals surface area contributed by atoms with Gasteiger partial charge in [-0.1, -0.05) is 41.0 Å². The monoisotopic (exact) mass is 347 g/mol. The highest BCUT2D eigenvalue weighted by molar-refractivity contribution is 5.42. The molecule has 134 valence electrons. The van der Waals surface area contributed by atoms with Crippen LogP contribution in [0.2, 0.25) is 0 Å². The van der Waals surface area contributed by atoms with E-state index >= 15 is 0 Å². The highest BCUT2D eigenvalue weighted by atomic mass is 19.4. The molecule has 0 amide bonds. The average molecular weight is 347 g/mol. The van der Waals surface area contributed by atoms with Crippen LogP contribution in [0.4, 0.5) is 13.2 Å². The SMILES string of the molecule is Cc1cc(C)cc([C@H](c2cc(C)cc(C(F)(F)F)c2)C2CCCN2)c1. The Balaban J connectivity index is 2.13. The first-order valence-electron chi connectivity index (χ1n) is 8.74. The van der Waals surface area contributed by atoms with Crippen LogP contribution in [0, 0.1) is 20.8 Å². The fourth-order valence-corrected chi connectivity index (χ4v) is 4.00. The van der Waals surface area contributed by atoms with Gasteiger partial charge < -0.3 is 5.32 Å².